The molecule has 5 nitrogen and oxygen atoms in total. The van der Waals surface area contributed by atoms with Gasteiger partial charge in [-0.15, -0.1) is 11.8 Å². The summed E-state index contributed by atoms with van der Waals surface area (Å²) in [5, 5.41) is 2.59. The van der Waals surface area contributed by atoms with Gasteiger partial charge in [0.15, 0.2) is 0 Å². The molecule has 0 bridgehead atoms. The van der Waals surface area contributed by atoms with Crippen LogP contribution in [0.4, 0.5) is 4.39 Å². The van der Waals surface area contributed by atoms with E-state index in [1.807, 2.05) is 37.3 Å². The first-order valence-corrected chi connectivity index (χ1v) is 11.5. The first-order chi connectivity index (χ1) is 15.5. The number of aromatic nitrogens is 1. The van der Waals surface area contributed by atoms with Crippen molar-refractivity contribution in [3.05, 3.63) is 101 Å². The predicted molar refractivity (Wildman–Crippen MR) is 124 cm³/mol. The fourth-order valence-corrected chi connectivity index (χ4v) is 5.09. The number of carbonyl (C=O) groups excluding carboxylic acids is 2. The lowest BCUT2D eigenvalue weighted by Crippen LogP contribution is -2.48. The highest BCUT2D eigenvalue weighted by atomic mass is 32.2. The van der Waals surface area contributed by atoms with Crippen LogP contribution in [0.2, 0.25) is 0 Å². The fraction of sp³-hybridized carbons (Fsp3) is 0.240. The minimum absolute atomic E-state index is 0.196. The van der Waals surface area contributed by atoms with Crippen LogP contribution in [0.15, 0.2) is 72.9 Å². The van der Waals surface area contributed by atoms with Crippen LogP contribution in [0.3, 0.4) is 0 Å². The normalized spacial score (nSPS) is 17.9. The SMILES string of the molecule is Cc1ccc(C(=O)N2C(C(=O)NCCc3ccccn3)CSC2c2ccc(F)cc2)cc1. The zero-order valence-electron chi connectivity index (χ0n) is 17.7. The summed E-state index contributed by atoms with van der Waals surface area (Å²) in [6.07, 6.45) is 2.33. The van der Waals surface area contributed by atoms with Crippen LogP contribution in [0.25, 0.3) is 0 Å². The summed E-state index contributed by atoms with van der Waals surface area (Å²) >= 11 is 1.51. The third kappa shape index (κ3) is 4.99. The van der Waals surface area contributed by atoms with Gasteiger partial charge in [-0.05, 0) is 48.9 Å². The van der Waals surface area contributed by atoms with Gasteiger partial charge in [-0.3, -0.25) is 14.6 Å². The van der Waals surface area contributed by atoms with Crippen molar-refractivity contribution >= 4 is 23.6 Å². The number of nitrogens with zero attached hydrogens (tertiary/aromatic N) is 2. The Kier molecular flexibility index (Phi) is 6.85. The number of hydrogen-bond donors (Lipinski definition) is 1. The molecule has 2 aromatic carbocycles. The average molecular weight is 450 g/mol. The van der Waals surface area contributed by atoms with E-state index in [1.165, 1.54) is 23.9 Å². The van der Waals surface area contributed by atoms with Gasteiger partial charge in [0.2, 0.25) is 5.91 Å². The van der Waals surface area contributed by atoms with E-state index in [-0.39, 0.29) is 23.0 Å². The lowest BCUT2D eigenvalue weighted by Gasteiger charge is -2.29. The zero-order valence-corrected chi connectivity index (χ0v) is 18.5. The van der Waals surface area contributed by atoms with Crippen molar-refractivity contribution in [1.82, 2.24) is 15.2 Å². The molecule has 2 amide bonds. The Hall–Kier alpha value is -3.19. The number of amides is 2. The van der Waals surface area contributed by atoms with E-state index in [0.717, 1.165) is 16.8 Å². The maximum atomic E-state index is 13.5. The zero-order chi connectivity index (χ0) is 22.5. The molecule has 0 saturated carbocycles. The number of thioether (sulfide) groups is 1. The van der Waals surface area contributed by atoms with E-state index in [0.29, 0.717) is 24.3 Å². The minimum atomic E-state index is -0.618. The van der Waals surface area contributed by atoms with Crippen molar-refractivity contribution in [2.24, 2.45) is 0 Å². The van der Waals surface area contributed by atoms with Gasteiger partial charge in [-0.2, -0.15) is 0 Å². The van der Waals surface area contributed by atoms with Crippen molar-refractivity contribution in [2.45, 2.75) is 24.8 Å². The summed E-state index contributed by atoms with van der Waals surface area (Å²) in [6.45, 7) is 2.39. The molecule has 2 atom stereocenters. The maximum Gasteiger partial charge on any atom is 0.255 e. The van der Waals surface area contributed by atoms with E-state index >= 15 is 0 Å². The van der Waals surface area contributed by atoms with Crippen LogP contribution in [-0.4, -0.2) is 40.0 Å². The van der Waals surface area contributed by atoms with E-state index in [9.17, 15) is 14.0 Å². The molecule has 3 aromatic rings. The molecule has 1 N–H and O–H groups in total. The number of carbonyl (C=O) groups is 2. The topological polar surface area (TPSA) is 62.3 Å². The summed E-state index contributed by atoms with van der Waals surface area (Å²) in [5.74, 6) is -0.278. The van der Waals surface area contributed by atoms with E-state index in [1.54, 1.807) is 35.4 Å². The van der Waals surface area contributed by atoms with Crippen molar-refractivity contribution in [1.29, 1.82) is 0 Å². The maximum absolute atomic E-state index is 13.5. The van der Waals surface area contributed by atoms with Crippen molar-refractivity contribution in [2.75, 3.05) is 12.3 Å². The lowest BCUT2D eigenvalue weighted by atomic mass is 10.1. The minimum Gasteiger partial charge on any atom is -0.354 e. The molecule has 1 aliphatic heterocycles. The molecule has 32 heavy (non-hydrogen) atoms. The Bertz CT molecular complexity index is 1070. The van der Waals surface area contributed by atoms with Gasteiger partial charge >= 0.3 is 0 Å². The van der Waals surface area contributed by atoms with Crippen LogP contribution >= 0.6 is 11.8 Å². The number of pyridine rings is 1. The van der Waals surface area contributed by atoms with Crippen LogP contribution in [-0.2, 0) is 11.2 Å². The summed E-state index contributed by atoms with van der Waals surface area (Å²) in [5.41, 5.74) is 3.26. The van der Waals surface area contributed by atoms with Crippen LogP contribution in [0.1, 0.15) is 32.6 Å². The second-order valence-corrected chi connectivity index (χ2v) is 8.81. The van der Waals surface area contributed by atoms with Crippen LogP contribution in [0.5, 0.6) is 0 Å². The Morgan fingerprint density at radius 2 is 1.84 bits per heavy atom. The molecule has 1 saturated heterocycles. The summed E-state index contributed by atoms with van der Waals surface area (Å²) < 4.78 is 13.5. The second-order valence-electron chi connectivity index (χ2n) is 7.69. The summed E-state index contributed by atoms with van der Waals surface area (Å²) in [7, 11) is 0. The fourth-order valence-electron chi connectivity index (χ4n) is 3.66. The summed E-state index contributed by atoms with van der Waals surface area (Å²) in [4.78, 5) is 32.4. The second kappa shape index (κ2) is 9.96. The number of rotatable bonds is 6. The summed E-state index contributed by atoms with van der Waals surface area (Å²) in [6, 6.07) is 18.5. The number of benzene rings is 2. The Morgan fingerprint density at radius 1 is 1.09 bits per heavy atom. The largest absolute Gasteiger partial charge is 0.354 e. The number of aryl methyl sites for hydroxylation is 1. The number of halogens is 1. The predicted octanol–water partition coefficient (Wildman–Crippen LogP) is 4.14. The van der Waals surface area contributed by atoms with Gasteiger partial charge in [0.05, 0.1) is 0 Å². The molecule has 1 aromatic heterocycles. The smallest absolute Gasteiger partial charge is 0.255 e. The quantitative estimate of drug-likeness (QED) is 0.614. The molecule has 2 unspecified atom stereocenters. The van der Waals surface area contributed by atoms with Crippen molar-refractivity contribution in [3.63, 3.8) is 0 Å². The van der Waals surface area contributed by atoms with Gasteiger partial charge < -0.3 is 10.2 Å². The molecule has 0 spiro atoms. The first kappa shape index (κ1) is 22.0. The van der Waals surface area contributed by atoms with Crippen molar-refractivity contribution in [3.8, 4) is 0 Å². The molecule has 1 fully saturated rings. The molecular weight excluding hydrogens is 425 g/mol. The molecule has 4 rings (SSSR count). The van der Waals surface area contributed by atoms with Gasteiger partial charge in [0.25, 0.3) is 5.91 Å². The molecule has 2 heterocycles. The third-order valence-electron chi connectivity index (χ3n) is 5.40. The molecule has 7 heteroatoms. The van der Waals surface area contributed by atoms with Gasteiger partial charge in [-0.25, -0.2) is 4.39 Å². The van der Waals surface area contributed by atoms with E-state index < -0.39 is 6.04 Å². The Balaban J connectivity index is 1.54. The van der Waals surface area contributed by atoms with E-state index in [2.05, 4.69) is 10.3 Å². The van der Waals surface area contributed by atoms with Crippen LogP contribution in [0, 0.1) is 12.7 Å². The molecule has 1 aliphatic rings. The Morgan fingerprint density at radius 3 is 2.53 bits per heavy atom. The average Bonchev–Trinajstić information content (AvgIpc) is 3.25. The standard InChI is InChI=1S/C25H24FN3O2S/c1-17-5-7-18(8-6-17)24(31)29-22(16-32-25(29)19-9-11-20(26)12-10-19)23(30)28-15-13-21-4-2-3-14-27-21/h2-12,14,22,25H,13,15-16H2,1H3,(H,28,30). The molecule has 0 aliphatic carbocycles. The third-order valence-corrected chi connectivity index (χ3v) is 6.72. The van der Waals surface area contributed by atoms with Gasteiger partial charge in [0.1, 0.15) is 17.2 Å². The van der Waals surface area contributed by atoms with Gasteiger partial charge in [-0.1, -0.05) is 35.9 Å². The lowest BCUT2D eigenvalue weighted by molar-refractivity contribution is -0.124. The van der Waals surface area contributed by atoms with Crippen LogP contribution < -0.4 is 5.32 Å². The highest BCUT2D eigenvalue weighted by Gasteiger charge is 2.42. The first-order valence-electron chi connectivity index (χ1n) is 10.5. The monoisotopic (exact) mass is 449 g/mol. The molecule has 164 valence electrons. The molecular formula is C25H24FN3O2S. The highest BCUT2D eigenvalue weighted by Crippen LogP contribution is 2.42. The van der Waals surface area contributed by atoms with Crippen molar-refractivity contribution < 1.29 is 14.0 Å². The van der Waals surface area contributed by atoms with E-state index in [4.69, 9.17) is 0 Å². The highest BCUT2D eigenvalue weighted by molar-refractivity contribution is 7.99. The number of hydrogen-bond acceptors (Lipinski definition) is 4. The van der Waals surface area contributed by atoms with Gasteiger partial charge in [0, 0.05) is 36.2 Å². The number of nitrogens with one attached hydrogen (secondary N) is 1. The Labute approximate surface area is 191 Å². The molecule has 0 radical (unpaired) electrons.